The summed E-state index contributed by atoms with van der Waals surface area (Å²) in [5.41, 5.74) is 4.10. The molecule has 130 valence electrons. The Hall–Kier alpha value is -3.67. The summed E-state index contributed by atoms with van der Waals surface area (Å²) in [6, 6.07) is 5.70. The van der Waals surface area contributed by atoms with Gasteiger partial charge in [0.2, 0.25) is 11.8 Å². The molecule has 3 aliphatic rings. The van der Waals surface area contributed by atoms with E-state index < -0.39 is 16.2 Å². The normalized spacial score (nSPS) is 24.0. The van der Waals surface area contributed by atoms with Gasteiger partial charge in [0.15, 0.2) is 5.78 Å². The lowest BCUT2D eigenvalue weighted by atomic mass is 9.65. The second kappa shape index (κ2) is 5.16. The van der Waals surface area contributed by atoms with Crippen LogP contribution in [-0.4, -0.2) is 16.6 Å². The van der Waals surface area contributed by atoms with Gasteiger partial charge in [0, 0.05) is 36.2 Å². The Morgan fingerprint density at radius 3 is 2.81 bits per heavy atom. The molecule has 0 bridgehead atoms. The third-order valence-electron chi connectivity index (χ3n) is 4.91. The van der Waals surface area contributed by atoms with Gasteiger partial charge in [-0.2, -0.15) is 5.26 Å². The quantitative estimate of drug-likeness (QED) is 0.575. The molecule has 0 fully saturated rings. The minimum atomic E-state index is -1.81. The SMILES string of the molecule is N#CC1=C(N)OC2=C(C(=O)CCC2)C12C(=O)Nc1ccc([N+](=O)[O-])cc12. The van der Waals surface area contributed by atoms with Crippen molar-refractivity contribution in [1.29, 1.82) is 5.26 Å². The zero-order chi connectivity index (χ0) is 18.6. The molecule has 0 saturated heterocycles. The highest BCUT2D eigenvalue weighted by Crippen LogP contribution is 2.54. The number of non-ortho nitro benzene ring substituents is 1. The second-order valence-corrected chi connectivity index (χ2v) is 6.22. The Kier molecular flexibility index (Phi) is 3.14. The summed E-state index contributed by atoms with van der Waals surface area (Å²) in [4.78, 5) is 36.4. The van der Waals surface area contributed by atoms with Crippen LogP contribution in [0.5, 0.6) is 0 Å². The van der Waals surface area contributed by atoms with E-state index in [9.17, 15) is 25.0 Å². The van der Waals surface area contributed by atoms with Crippen LogP contribution >= 0.6 is 0 Å². The molecule has 9 nitrogen and oxygen atoms in total. The highest BCUT2D eigenvalue weighted by atomic mass is 16.6. The Bertz CT molecular complexity index is 1020. The Morgan fingerprint density at radius 1 is 1.35 bits per heavy atom. The molecule has 1 unspecified atom stereocenters. The number of fused-ring (bicyclic) bond motifs is 3. The Balaban J connectivity index is 2.11. The number of amides is 1. The van der Waals surface area contributed by atoms with Crippen LogP contribution in [0.25, 0.3) is 0 Å². The minimum absolute atomic E-state index is 0.0475. The summed E-state index contributed by atoms with van der Waals surface area (Å²) in [5.74, 6) is -0.998. The third kappa shape index (κ3) is 1.78. The van der Waals surface area contributed by atoms with Gasteiger partial charge in [-0.3, -0.25) is 19.7 Å². The molecule has 0 aromatic heterocycles. The van der Waals surface area contributed by atoms with Crippen molar-refractivity contribution in [2.45, 2.75) is 24.7 Å². The van der Waals surface area contributed by atoms with Crippen LogP contribution in [-0.2, 0) is 19.7 Å². The van der Waals surface area contributed by atoms with E-state index in [-0.39, 0.29) is 46.2 Å². The Labute approximate surface area is 146 Å². The third-order valence-corrected chi connectivity index (χ3v) is 4.91. The van der Waals surface area contributed by atoms with E-state index >= 15 is 0 Å². The number of nitrogens with two attached hydrogens (primary N) is 1. The molecule has 26 heavy (non-hydrogen) atoms. The predicted molar refractivity (Wildman–Crippen MR) is 87.2 cm³/mol. The van der Waals surface area contributed by atoms with Crippen LogP contribution in [0.1, 0.15) is 24.8 Å². The lowest BCUT2D eigenvalue weighted by molar-refractivity contribution is -0.384. The maximum absolute atomic E-state index is 13.0. The maximum Gasteiger partial charge on any atom is 0.269 e. The fourth-order valence-electron chi connectivity index (χ4n) is 3.87. The lowest BCUT2D eigenvalue weighted by Crippen LogP contribution is -2.46. The number of carbonyl (C=O) groups excluding carboxylic acids is 2. The second-order valence-electron chi connectivity index (χ2n) is 6.22. The molecule has 1 spiro atoms. The van der Waals surface area contributed by atoms with E-state index in [1.807, 2.05) is 6.07 Å². The van der Waals surface area contributed by atoms with Crippen LogP contribution in [0.15, 0.2) is 41.0 Å². The number of nitrogens with zero attached hydrogens (tertiary/aromatic N) is 2. The first kappa shape index (κ1) is 15.8. The molecule has 1 aromatic carbocycles. The first-order valence-corrected chi connectivity index (χ1v) is 7.86. The first-order chi connectivity index (χ1) is 12.4. The molecule has 0 radical (unpaired) electrons. The number of ketones is 1. The van der Waals surface area contributed by atoms with Crippen LogP contribution in [0.2, 0.25) is 0 Å². The van der Waals surface area contributed by atoms with Crippen molar-refractivity contribution in [1.82, 2.24) is 0 Å². The zero-order valence-corrected chi connectivity index (χ0v) is 13.4. The van der Waals surface area contributed by atoms with Gasteiger partial charge in [-0.1, -0.05) is 0 Å². The van der Waals surface area contributed by atoms with E-state index in [1.54, 1.807) is 0 Å². The molecule has 0 saturated carbocycles. The van der Waals surface area contributed by atoms with Crippen LogP contribution in [0.4, 0.5) is 11.4 Å². The number of nitro groups is 1. The topological polar surface area (TPSA) is 148 Å². The number of ether oxygens (including phenoxy) is 1. The molecule has 1 aromatic rings. The van der Waals surface area contributed by atoms with Crippen molar-refractivity contribution in [3.63, 3.8) is 0 Å². The van der Waals surface area contributed by atoms with Gasteiger partial charge in [0.25, 0.3) is 5.69 Å². The predicted octanol–water partition coefficient (Wildman–Crippen LogP) is 1.52. The van der Waals surface area contributed by atoms with Gasteiger partial charge in [-0.15, -0.1) is 0 Å². The molecule has 3 N–H and O–H groups in total. The van der Waals surface area contributed by atoms with Gasteiger partial charge in [0.05, 0.1) is 10.5 Å². The number of anilines is 1. The van der Waals surface area contributed by atoms with Crippen molar-refractivity contribution in [2.75, 3.05) is 5.32 Å². The van der Waals surface area contributed by atoms with Gasteiger partial charge < -0.3 is 15.8 Å². The average Bonchev–Trinajstić information content (AvgIpc) is 2.87. The van der Waals surface area contributed by atoms with E-state index in [1.165, 1.54) is 18.2 Å². The number of benzene rings is 1. The summed E-state index contributed by atoms with van der Waals surface area (Å²) in [6.07, 6.45) is 1.12. The minimum Gasteiger partial charge on any atom is -0.444 e. The van der Waals surface area contributed by atoms with Crippen molar-refractivity contribution in [2.24, 2.45) is 5.73 Å². The highest BCUT2D eigenvalue weighted by molar-refractivity contribution is 6.19. The van der Waals surface area contributed by atoms with Crippen molar-refractivity contribution in [3.05, 3.63) is 56.7 Å². The van der Waals surface area contributed by atoms with E-state index in [0.29, 0.717) is 18.5 Å². The summed E-state index contributed by atoms with van der Waals surface area (Å²) in [7, 11) is 0. The largest absolute Gasteiger partial charge is 0.444 e. The number of nitro benzene ring substituents is 1. The van der Waals surface area contributed by atoms with Crippen LogP contribution in [0, 0.1) is 21.4 Å². The molecule has 2 aliphatic heterocycles. The zero-order valence-electron chi connectivity index (χ0n) is 13.4. The number of rotatable bonds is 1. The smallest absolute Gasteiger partial charge is 0.269 e. The number of hydrogen-bond donors (Lipinski definition) is 2. The fourth-order valence-corrected chi connectivity index (χ4v) is 3.87. The number of hydrogen-bond acceptors (Lipinski definition) is 7. The molecular weight excluding hydrogens is 340 g/mol. The fraction of sp³-hybridized carbons (Fsp3) is 0.235. The first-order valence-electron chi connectivity index (χ1n) is 7.86. The number of Topliss-reactive ketones (excluding diaryl/α,β-unsaturated/α-hetero) is 1. The molecule has 9 heteroatoms. The standard InChI is InChI=1S/C17H12N4O5/c18-7-10-15(19)26-13-3-1-2-12(22)14(13)17(10)9-6-8(21(24)25)4-5-11(9)20-16(17)23/h4-6H,1-3,19H2,(H,20,23). The Morgan fingerprint density at radius 2 is 2.12 bits per heavy atom. The summed E-state index contributed by atoms with van der Waals surface area (Å²) < 4.78 is 5.47. The summed E-state index contributed by atoms with van der Waals surface area (Å²) in [6.45, 7) is 0. The van der Waals surface area contributed by atoms with Crippen LogP contribution < -0.4 is 11.1 Å². The summed E-state index contributed by atoms with van der Waals surface area (Å²) >= 11 is 0. The lowest BCUT2D eigenvalue weighted by Gasteiger charge is -2.36. The molecule has 4 rings (SSSR count). The van der Waals surface area contributed by atoms with E-state index in [0.717, 1.165) is 0 Å². The van der Waals surface area contributed by atoms with Gasteiger partial charge in [-0.05, 0) is 12.5 Å². The molecule has 2 heterocycles. The summed E-state index contributed by atoms with van der Waals surface area (Å²) in [5, 5.41) is 23.5. The number of nitrogens with one attached hydrogen (secondary N) is 1. The van der Waals surface area contributed by atoms with Gasteiger partial charge in [0.1, 0.15) is 22.8 Å². The van der Waals surface area contributed by atoms with Gasteiger partial charge >= 0.3 is 0 Å². The van der Waals surface area contributed by atoms with Crippen LogP contribution in [0.3, 0.4) is 0 Å². The maximum atomic E-state index is 13.0. The molecule has 1 aliphatic carbocycles. The number of allylic oxidation sites excluding steroid dienone is 1. The number of carbonyl (C=O) groups is 2. The monoisotopic (exact) mass is 352 g/mol. The molecule has 1 amide bonds. The average molecular weight is 352 g/mol. The molecular formula is C17H12N4O5. The van der Waals surface area contributed by atoms with Crippen molar-refractivity contribution < 1.29 is 19.2 Å². The van der Waals surface area contributed by atoms with E-state index in [2.05, 4.69) is 5.32 Å². The van der Waals surface area contributed by atoms with Crippen molar-refractivity contribution in [3.8, 4) is 6.07 Å². The number of nitriles is 1. The van der Waals surface area contributed by atoms with Crippen molar-refractivity contribution >= 4 is 23.1 Å². The highest BCUT2D eigenvalue weighted by Gasteiger charge is 2.60. The molecule has 1 atom stereocenters. The van der Waals surface area contributed by atoms with E-state index in [4.69, 9.17) is 10.5 Å². The van der Waals surface area contributed by atoms with Gasteiger partial charge in [-0.25, -0.2) is 0 Å².